The summed E-state index contributed by atoms with van der Waals surface area (Å²) >= 11 is 1.43. The maximum Gasteiger partial charge on any atom is 0.321 e. The molecule has 18 heavy (non-hydrogen) atoms. The Kier molecular flexibility index (Phi) is 3.47. The van der Waals surface area contributed by atoms with Crippen LogP contribution >= 0.6 is 11.3 Å². The highest BCUT2D eigenvalue weighted by atomic mass is 32.1. The molecule has 6 heteroatoms. The van der Waals surface area contributed by atoms with Crippen LogP contribution in [-0.2, 0) is 0 Å². The smallest absolute Gasteiger partial charge is 0.321 e. The summed E-state index contributed by atoms with van der Waals surface area (Å²) in [5, 5.41) is 8.29. The van der Waals surface area contributed by atoms with Crippen LogP contribution in [0.1, 0.15) is 25.7 Å². The molecule has 0 unspecified atom stereocenters. The average molecular weight is 266 g/mol. The van der Waals surface area contributed by atoms with Crippen molar-refractivity contribution in [3.05, 3.63) is 11.6 Å². The van der Waals surface area contributed by atoms with E-state index >= 15 is 0 Å². The fourth-order valence-electron chi connectivity index (χ4n) is 2.45. The van der Waals surface area contributed by atoms with E-state index in [4.69, 9.17) is 0 Å². The molecule has 1 saturated carbocycles. The maximum atomic E-state index is 11.7. The molecule has 1 aliphatic heterocycles. The first-order valence-corrected chi connectivity index (χ1v) is 7.40. The van der Waals surface area contributed by atoms with Gasteiger partial charge in [0.15, 0.2) is 5.13 Å². The number of piperidine rings is 1. The molecule has 2 aliphatic rings. The van der Waals surface area contributed by atoms with Crippen LogP contribution in [-0.4, -0.2) is 41.1 Å². The van der Waals surface area contributed by atoms with Crippen molar-refractivity contribution in [2.24, 2.45) is 0 Å². The summed E-state index contributed by atoms with van der Waals surface area (Å²) < 4.78 is 0. The maximum absolute atomic E-state index is 11.7. The number of aromatic nitrogens is 1. The summed E-state index contributed by atoms with van der Waals surface area (Å²) in [5.41, 5.74) is 0. The average Bonchev–Trinajstić information content (AvgIpc) is 3.09. The van der Waals surface area contributed by atoms with Crippen molar-refractivity contribution < 1.29 is 4.79 Å². The Morgan fingerprint density at radius 1 is 1.33 bits per heavy atom. The first kappa shape index (κ1) is 11.9. The first-order valence-electron chi connectivity index (χ1n) is 6.52. The summed E-state index contributed by atoms with van der Waals surface area (Å²) in [6.45, 7) is 2.24. The Balaban J connectivity index is 1.41. The number of urea groups is 1. The Hall–Kier alpha value is -1.14. The Morgan fingerprint density at radius 2 is 2.11 bits per heavy atom. The number of anilines is 1. The highest BCUT2D eigenvalue weighted by Crippen LogP contribution is 2.29. The number of nitrogens with one attached hydrogen (secondary N) is 2. The van der Waals surface area contributed by atoms with Crippen molar-refractivity contribution in [2.45, 2.75) is 37.8 Å². The molecule has 2 fully saturated rings. The fraction of sp³-hybridized carbons (Fsp3) is 0.667. The van der Waals surface area contributed by atoms with Gasteiger partial charge in [-0.05, 0) is 25.7 Å². The van der Waals surface area contributed by atoms with Gasteiger partial charge in [0, 0.05) is 36.8 Å². The Morgan fingerprint density at radius 3 is 2.72 bits per heavy atom. The van der Waals surface area contributed by atoms with Gasteiger partial charge in [0.2, 0.25) is 0 Å². The van der Waals surface area contributed by atoms with E-state index in [-0.39, 0.29) is 6.03 Å². The molecule has 1 aromatic heterocycles. The molecule has 5 nitrogen and oxygen atoms in total. The third-order valence-electron chi connectivity index (χ3n) is 3.58. The van der Waals surface area contributed by atoms with E-state index in [0.29, 0.717) is 11.2 Å². The molecular weight excluding hydrogens is 248 g/mol. The van der Waals surface area contributed by atoms with Crippen LogP contribution < -0.4 is 10.6 Å². The zero-order chi connectivity index (χ0) is 12.4. The van der Waals surface area contributed by atoms with Crippen LogP contribution in [0.3, 0.4) is 0 Å². The predicted molar refractivity (Wildman–Crippen MR) is 71.9 cm³/mol. The summed E-state index contributed by atoms with van der Waals surface area (Å²) in [6, 6.07) is 1.02. The molecule has 1 aliphatic carbocycles. The molecule has 0 bridgehead atoms. The van der Waals surface area contributed by atoms with Gasteiger partial charge < -0.3 is 10.2 Å². The number of hydrogen-bond acceptors (Lipinski definition) is 4. The lowest BCUT2D eigenvalue weighted by Gasteiger charge is -2.32. The number of nitrogens with zero attached hydrogens (tertiary/aromatic N) is 2. The quantitative estimate of drug-likeness (QED) is 0.878. The molecule has 2 amide bonds. The van der Waals surface area contributed by atoms with Crippen LogP contribution in [0, 0.1) is 0 Å². The number of hydrogen-bond donors (Lipinski definition) is 2. The van der Waals surface area contributed by atoms with Gasteiger partial charge in [0.1, 0.15) is 0 Å². The molecule has 0 radical (unpaired) electrons. The lowest BCUT2D eigenvalue weighted by molar-refractivity contribution is 0.189. The highest BCUT2D eigenvalue weighted by Gasteiger charge is 2.32. The summed E-state index contributed by atoms with van der Waals surface area (Å²) in [7, 11) is 0. The van der Waals surface area contributed by atoms with Gasteiger partial charge in [-0.25, -0.2) is 9.78 Å². The number of carbonyl (C=O) groups excluding carboxylic acids is 1. The molecule has 2 N–H and O–H groups in total. The monoisotopic (exact) mass is 266 g/mol. The third-order valence-corrected chi connectivity index (χ3v) is 4.27. The minimum absolute atomic E-state index is 0.130. The van der Waals surface area contributed by atoms with Gasteiger partial charge in [-0.2, -0.15) is 0 Å². The van der Waals surface area contributed by atoms with E-state index in [1.54, 1.807) is 6.20 Å². The molecule has 2 heterocycles. The van der Waals surface area contributed by atoms with Crippen molar-refractivity contribution in [2.75, 3.05) is 18.4 Å². The fourth-order valence-corrected chi connectivity index (χ4v) is 2.98. The number of likely N-dealkylation sites (tertiary alicyclic amines) is 1. The lowest BCUT2D eigenvalue weighted by Crippen LogP contribution is -2.46. The molecule has 1 saturated heterocycles. The first-order chi connectivity index (χ1) is 8.81. The minimum Gasteiger partial charge on any atom is -0.335 e. The zero-order valence-electron chi connectivity index (χ0n) is 10.3. The second kappa shape index (κ2) is 5.24. The largest absolute Gasteiger partial charge is 0.335 e. The molecule has 0 aromatic carbocycles. The summed E-state index contributed by atoms with van der Waals surface area (Å²) in [4.78, 5) is 18.3. The van der Waals surface area contributed by atoms with E-state index in [2.05, 4.69) is 20.5 Å². The molecular formula is C12H18N4OS. The SMILES string of the molecule is O=C(Nc1nccs1)NC1CCN(C2CC2)CC1. The number of rotatable bonds is 3. The third kappa shape index (κ3) is 3.00. The van der Waals surface area contributed by atoms with E-state index in [9.17, 15) is 4.79 Å². The second-order valence-corrected chi connectivity index (χ2v) is 5.87. The summed E-state index contributed by atoms with van der Waals surface area (Å²) in [6.07, 6.45) is 6.53. The van der Waals surface area contributed by atoms with Crippen molar-refractivity contribution >= 4 is 22.5 Å². The van der Waals surface area contributed by atoms with Gasteiger partial charge in [-0.3, -0.25) is 5.32 Å². The molecule has 3 rings (SSSR count). The van der Waals surface area contributed by atoms with Gasteiger partial charge in [0.25, 0.3) is 0 Å². The highest BCUT2D eigenvalue weighted by molar-refractivity contribution is 7.13. The van der Waals surface area contributed by atoms with Crippen molar-refractivity contribution in [3.63, 3.8) is 0 Å². The Bertz CT molecular complexity index is 396. The van der Waals surface area contributed by atoms with E-state index < -0.39 is 0 Å². The van der Waals surface area contributed by atoms with Crippen LogP contribution in [0.5, 0.6) is 0 Å². The summed E-state index contributed by atoms with van der Waals surface area (Å²) in [5.74, 6) is 0. The van der Waals surface area contributed by atoms with Crippen LogP contribution in [0.2, 0.25) is 0 Å². The second-order valence-electron chi connectivity index (χ2n) is 4.98. The number of thiazole rings is 1. The lowest BCUT2D eigenvalue weighted by atomic mass is 10.1. The van der Waals surface area contributed by atoms with Crippen molar-refractivity contribution in [3.8, 4) is 0 Å². The number of carbonyl (C=O) groups is 1. The normalized spacial score (nSPS) is 21.8. The molecule has 0 spiro atoms. The topological polar surface area (TPSA) is 57.3 Å². The standard InChI is InChI=1S/C12H18N4OS/c17-11(15-12-13-5-8-18-12)14-9-3-6-16(7-4-9)10-1-2-10/h5,8-10H,1-4,6-7H2,(H2,13,14,15,17). The predicted octanol–water partition coefficient (Wildman–Crippen LogP) is 1.89. The zero-order valence-corrected chi connectivity index (χ0v) is 11.1. The van der Waals surface area contributed by atoms with Crippen molar-refractivity contribution in [1.29, 1.82) is 0 Å². The van der Waals surface area contributed by atoms with Gasteiger partial charge >= 0.3 is 6.03 Å². The van der Waals surface area contributed by atoms with Crippen LogP contribution in [0.25, 0.3) is 0 Å². The van der Waals surface area contributed by atoms with Gasteiger partial charge in [0.05, 0.1) is 0 Å². The van der Waals surface area contributed by atoms with Crippen LogP contribution in [0.4, 0.5) is 9.93 Å². The van der Waals surface area contributed by atoms with Gasteiger partial charge in [-0.15, -0.1) is 11.3 Å². The van der Waals surface area contributed by atoms with Gasteiger partial charge in [-0.1, -0.05) is 0 Å². The van der Waals surface area contributed by atoms with E-state index in [1.165, 1.54) is 24.2 Å². The van der Waals surface area contributed by atoms with E-state index in [1.807, 2.05) is 5.38 Å². The van der Waals surface area contributed by atoms with Crippen LogP contribution in [0.15, 0.2) is 11.6 Å². The van der Waals surface area contributed by atoms with Crippen molar-refractivity contribution in [1.82, 2.24) is 15.2 Å². The minimum atomic E-state index is -0.130. The number of amides is 2. The van der Waals surface area contributed by atoms with E-state index in [0.717, 1.165) is 32.0 Å². The molecule has 0 atom stereocenters. The molecule has 1 aromatic rings. The molecule has 98 valence electrons. The Labute approximate surface area is 111 Å².